The van der Waals surface area contributed by atoms with Crippen LogP contribution in [0.5, 0.6) is 0 Å². The average molecular weight is 254 g/mol. The van der Waals surface area contributed by atoms with E-state index in [1.807, 2.05) is 13.0 Å². The lowest BCUT2D eigenvalue weighted by atomic mass is 10.3. The molecule has 102 valence electrons. The van der Waals surface area contributed by atoms with E-state index < -0.39 is 0 Å². The van der Waals surface area contributed by atoms with Gasteiger partial charge in [-0.1, -0.05) is 6.92 Å². The van der Waals surface area contributed by atoms with E-state index in [0.29, 0.717) is 19.5 Å². The van der Waals surface area contributed by atoms with Crippen LogP contribution in [-0.2, 0) is 9.59 Å². The first-order valence-electron chi connectivity index (χ1n) is 5.95. The number of likely N-dealkylation sites (N-methyl/N-ethyl adjacent to an activating group) is 3. The third kappa shape index (κ3) is 6.21. The predicted molar refractivity (Wildman–Crippen MR) is 68.7 cm³/mol. The molecule has 0 aliphatic rings. The van der Waals surface area contributed by atoms with Crippen molar-refractivity contribution in [3.05, 3.63) is 0 Å². The van der Waals surface area contributed by atoms with Gasteiger partial charge in [0.2, 0.25) is 11.8 Å². The first-order valence-corrected chi connectivity index (χ1v) is 5.95. The molecule has 2 amide bonds. The molecule has 0 aromatic carbocycles. The Bertz CT molecular complexity index is 323. The van der Waals surface area contributed by atoms with Crippen molar-refractivity contribution < 1.29 is 9.59 Å². The summed E-state index contributed by atoms with van der Waals surface area (Å²) >= 11 is 0. The monoisotopic (exact) mass is 254 g/mol. The number of amides is 2. The highest BCUT2D eigenvalue weighted by Gasteiger charge is 2.16. The number of nitrogens with zero attached hydrogens (tertiary/aromatic N) is 4. The highest BCUT2D eigenvalue weighted by Crippen LogP contribution is 1.95. The van der Waals surface area contributed by atoms with E-state index in [4.69, 9.17) is 5.26 Å². The normalized spacial score (nSPS) is 10.0. The third-order valence-corrected chi connectivity index (χ3v) is 2.65. The lowest BCUT2D eigenvalue weighted by molar-refractivity contribution is -0.133. The minimum absolute atomic E-state index is 0.0238. The molecule has 6 nitrogen and oxygen atoms in total. The summed E-state index contributed by atoms with van der Waals surface area (Å²) in [4.78, 5) is 28.2. The van der Waals surface area contributed by atoms with Crippen molar-refractivity contribution in [2.45, 2.75) is 13.3 Å². The Labute approximate surface area is 109 Å². The van der Waals surface area contributed by atoms with Crippen molar-refractivity contribution in [2.75, 3.05) is 47.3 Å². The molecular weight excluding hydrogens is 232 g/mol. The fourth-order valence-corrected chi connectivity index (χ4v) is 1.27. The summed E-state index contributed by atoms with van der Waals surface area (Å²) in [6.45, 7) is 3.41. The summed E-state index contributed by atoms with van der Waals surface area (Å²) in [7, 11) is 5.05. The Hall–Kier alpha value is -1.61. The molecule has 0 fully saturated rings. The largest absolute Gasteiger partial charge is 0.348 e. The molecule has 18 heavy (non-hydrogen) atoms. The molecule has 0 heterocycles. The fraction of sp³-hybridized carbons (Fsp3) is 0.750. The van der Waals surface area contributed by atoms with Crippen LogP contribution in [0.25, 0.3) is 0 Å². The maximum absolute atomic E-state index is 11.8. The topological polar surface area (TPSA) is 67.7 Å². The maximum atomic E-state index is 11.8. The second-order valence-electron chi connectivity index (χ2n) is 4.31. The SMILES string of the molecule is CCN(CC(=O)N(C)C)CC(=O)N(C)CCC#N. The minimum Gasteiger partial charge on any atom is -0.348 e. The minimum atomic E-state index is -0.0707. The molecular formula is C12H22N4O2. The van der Waals surface area contributed by atoms with Gasteiger partial charge >= 0.3 is 0 Å². The van der Waals surface area contributed by atoms with Crippen LogP contribution in [0.3, 0.4) is 0 Å². The zero-order valence-electron chi connectivity index (χ0n) is 11.6. The standard InChI is InChI=1S/C12H22N4O2/c1-5-16(9-11(17)14(2)3)10-12(18)15(4)8-6-7-13/h5-6,8-10H2,1-4H3. The van der Waals surface area contributed by atoms with E-state index in [0.717, 1.165) is 0 Å². The first-order chi connectivity index (χ1) is 8.42. The van der Waals surface area contributed by atoms with Gasteiger partial charge in [0, 0.05) is 27.7 Å². The molecule has 0 aromatic heterocycles. The smallest absolute Gasteiger partial charge is 0.236 e. The Morgan fingerprint density at radius 1 is 1.11 bits per heavy atom. The molecule has 0 saturated heterocycles. The summed E-state index contributed by atoms with van der Waals surface area (Å²) in [6, 6.07) is 2.00. The Morgan fingerprint density at radius 3 is 2.11 bits per heavy atom. The molecule has 0 rings (SSSR count). The van der Waals surface area contributed by atoms with E-state index in [2.05, 4.69) is 0 Å². The van der Waals surface area contributed by atoms with Gasteiger partial charge in [-0.15, -0.1) is 0 Å². The van der Waals surface area contributed by atoms with Gasteiger partial charge in [-0.05, 0) is 6.54 Å². The first kappa shape index (κ1) is 16.4. The fourth-order valence-electron chi connectivity index (χ4n) is 1.27. The predicted octanol–water partition coefficient (Wildman–Crippen LogP) is -0.231. The highest BCUT2D eigenvalue weighted by atomic mass is 16.2. The van der Waals surface area contributed by atoms with Crippen LogP contribution < -0.4 is 0 Å². The molecule has 0 aromatic rings. The number of nitriles is 1. The Morgan fingerprint density at radius 2 is 1.67 bits per heavy atom. The summed E-state index contributed by atoms with van der Waals surface area (Å²) < 4.78 is 0. The van der Waals surface area contributed by atoms with Crippen molar-refractivity contribution in [1.82, 2.24) is 14.7 Å². The molecule has 0 spiro atoms. The van der Waals surface area contributed by atoms with Gasteiger partial charge in [-0.25, -0.2) is 0 Å². The van der Waals surface area contributed by atoms with E-state index >= 15 is 0 Å². The van der Waals surface area contributed by atoms with Gasteiger partial charge in [0.1, 0.15) is 0 Å². The van der Waals surface area contributed by atoms with Gasteiger partial charge in [0.15, 0.2) is 0 Å². The van der Waals surface area contributed by atoms with Crippen molar-refractivity contribution in [3.63, 3.8) is 0 Å². The van der Waals surface area contributed by atoms with Crippen molar-refractivity contribution in [2.24, 2.45) is 0 Å². The van der Waals surface area contributed by atoms with Gasteiger partial charge in [-0.2, -0.15) is 5.26 Å². The van der Waals surface area contributed by atoms with Gasteiger partial charge in [0.25, 0.3) is 0 Å². The number of carbonyl (C=O) groups is 2. The lowest BCUT2D eigenvalue weighted by Gasteiger charge is -2.24. The van der Waals surface area contributed by atoms with E-state index in [-0.39, 0.29) is 24.9 Å². The van der Waals surface area contributed by atoms with Crippen molar-refractivity contribution in [3.8, 4) is 6.07 Å². The number of hydrogen-bond donors (Lipinski definition) is 0. The van der Waals surface area contributed by atoms with Crippen LogP contribution in [-0.4, -0.2) is 73.8 Å². The van der Waals surface area contributed by atoms with Crippen LogP contribution in [0.1, 0.15) is 13.3 Å². The second kappa shape index (κ2) is 8.48. The van der Waals surface area contributed by atoms with Gasteiger partial charge < -0.3 is 9.80 Å². The summed E-state index contributed by atoms with van der Waals surface area (Å²) in [5.41, 5.74) is 0. The van der Waals surface area contributed by atoms with Crippen LogP contribution >= 0.6 is 0 Å². The Kier molecular flexibility index (Phi) is 7.72. The van der Waals surface area contributed by atoms with Gasteiger partial charge in [-0.3, -0.25) is 14.5 Å². The molecule has 0 unspecified atom stereocenters. The summed E-state index contributed by atoms with van der Waals surface area (Å²) in [5.74, 6) is -0.0945. The molecule has 0 aliphatic heterocycles. The molecule has 0 bridgehead atoms. The molecule has 6 heteroatoms. The third-order valence-electron chi connectivity index (χ3n) is 2.65. The zero-order valence-corrected chi connectivity index (χ0v) is 11.6. The maximum Gasteiger partial charge on any atom is 0.236 e. The molecule has 0 aliphatic carbocycles. The quantitative estimate of drug-likeness (QED) is 0.629. The highest BCUT2D eigenvalue weighted by molar-refractivity contribution is 5.80. The zero-order chi connectivity index (χ0) is 14.1. The molecule has 0 atom stereocenters. The molecule has 0 saturated carbocycles. The van der Waals surface area contributed by atoms with Gasteiger partial charge in [0.05, 0.1) is 25.6 Å². The summed E-state index contributed by atoms with van der Waals surface area (Å²) in [6.07, 6.45) is 0.324. The van der Waals surface area contributed by atoms with E-state index in [1.165, 1.54) is 9.80 Å². The number of hydrogen-bond acceptors (Lipinski definition) is 4. The van der Waals surface area contributed by atoms with Crippen molar-refractivity contribution in [1.29, 1.82) is 5.26 Å². The van der Waals surface area contributed by atoms with E-state index in [9.17, 15) is 9.59 Å². The average Bonchev–Trinajstić information content (AvgIpc) is 2.34. The number of rotatable bonds is 7. The van der Waals surface area contributed by atoms with E-state index in [1.54, 1.807) is 26.0 Å². The summed E-state index contributed by atoms with van der Waals surface area (Å²) in [5, 5.41) is 8.46. The molecule has 0 N–H and O–H groups in total. The molecule has 0 radical (unpaired) electrons. The second-order valence-corrected chi connectivity index (χ2v) is 4.31. The van der Waals surface area contributed by atoms with Crippen LogP contribution in [0.15, 0.2) is 0 Å². The number of carbonyl (C=O) groups excluding carboxylic acids is 2. The lowest BCUT2D eigenvalue weighted by Crippen LogP contribution is -2.43. The van der Waals surface area contributed by atoms with Crippen molar-refractivity contribution >= 4 is 11.8 Å². The van der Waals surface area contributed by atoms with Crippen LogP contribution in [0.2, 0.25) is 0 Å². The van der Waals surface area contributed by atoms with Crippen LogP contribution in [0, 0.1) is 11.3 Å². The van der Waals surface area contributed by atoms with Crippen LogP contribution in [0.4, 0.5) is 0 Å². The Balaban J connectivity index is 4.24.